The van der Waals surface area contributed by atoms with Gasteiger partial charge >= 0.3 is 0 Å². The Labute approximate surface area is 237 Å². The first-order chi connectivity index (χ1) is 19.2. The fourth-order valence-corrected chi connectivity index (χ4v) is 5.00. The highest BCUT2D eigenvalue weighted by molar-refractivity contribution is 6.04. The van der Waals surface area contributed by atoms with Crippen LogP contribution in [-0.4, -0.2) is 17.5 Å². The van der Waals surface area contributed by atoms with Gasteiger partial charge in [0.15, 0.2) is 0 Å². The summed E-state index contributed by atoms with van der Waals surface area (Å²) in [5, 5.41) is 4.05. The molecule has 4 nitrogen and oxygen atoms in total. The maximum atomic E-state index is 12.8. The molecule has 0 unspecified atom stereocenters. The van der Waals surface area contributed by atoms with Crippen molar-refractivity contribution in [3.8, 4) is 5.75 Å². The van der Waals surface area contributed by atoms with Crippen molar-refractivity contribution in [3.63, 3.8) is 0 Å². The molecule has 1 N–H and O–H groups in total. The first-order valence-corrected chi connectivity index (χ1v) is 15.6. The second-order valence-corrected chi connectivity index (χ2v) is 10.9. The molecule has 0 aliphatic heterocycles. The van der Waals surface area contributed by atoms with E-state index in [2.05, 4.69) is 36.3 Å². The molecule has 0 radical (unpaired) electrons. The van der Waals surface area contributed by atoms with Gasteiger partial charge in [-0.15, -0.1) is 0 Å². The van der Waals surface area contributed by atoms with E-state index in [9.17, 15) is 4.79 Å². The van der Waals surface area contributed by atoms with Crippen LogP contribution in [0.25, 0.3) is 10.9 Å². The zero-order valence-corrected chi connectivity index (χ0v) is 24.5. The molecule has 4 heteroatoms. The third kappa shape index (κ3) is 11.8. The summed E-state index contributed by atoms with van der Waals surface area (Å²) in [4.78, 5) is 17.4. The van der Waals surface area contributed by atoms with Gasteiger partial charge in [-0.05, 0) is 67.3 Å². The van der Waals surface area contributed by atoms with Crippen LogP contribution in [0.3, 0.4) is 0 Å². The van der Waals surface area contributed by atoms with Crippen LogP contribution in [0, 0.1) is 0 Å². The zero-order valence-electron chi connectivity index (χ0n) is 24.5. The summed E-state index contributed by atoms with van der Waals surface area (Å²) in [6.07, 6.45) is 20.7. The highest BCUT2D eigenvalue weighted by Crippen LogP contribution is 2.20. The molecular weight excluding hydrogens is 480 g/mol. The molecule has 0 bridgehead atoms. The summed E-state index contributed by atoms with van der Waals surface area (Å²) in [7, 11) is 0. The fraction of sp³-hybridized carbons (Fsp3) is 0.543. The second-order valence-electron chi connectivity index (χ2n) is 10.9. The Morgan fingerprint density at radius 1 is 0.692 bits per heavy atom. The lowest BCUT2D eigenvalue weighted by Gasteiger charge is -2.09. The number of hydrogen-bond acceptors (Lipinski definition) is 3. The summed E-state index contributed by atoms with van der Waals surface area (Å²) in [6.45, 7) is 5.25. The van der Waals surface area contributed by atoms with Crippen molar-refractivity contribution in [1.82, 2.24) is 4.98 Å². The number of fused-ring (bicyclic) bond motifs is 1. The third-order valence-corrected chi connectivity index (χ3v) is 7.43. The lowest BCUT2D eigenvalue weighted by molar-refractivity contribution is 0.102. The maximum Gasteiger partial charge on any atom is 0.274 e. The molecule has 39 heavy (non-hydrogen) atoms. The number of carbonyl (C=O) groups excluding carboxylic acids is 1. The maximum absolute atomic E-state index is 12.8. The smallest absolute Gasteiger partial charge is 0.274 e. The molecule has 1 aromatic heterocycles. The molecule has 0 fully saturated rings. The monoisotopic (exact) mass is 530 g/mol. The molecule has 212 valence electrons. The minimum Gasteiger partial charge on any atom is -0.494 e. The van der Waals surface area contributed by atoms with Crippen LogP contribution in [-0.2, 0) is 6.42 Å². The molecule has 0 atom stereocenters. The molecule has 0 saturated heterocycles. The van der Waals surface area contributed by atoms with E-state index in [4.69, 9.17) is 4.74 Å². The van der Waals surface area contributed by atoms with Gasteiger partial charge in [-0.1, -0.05) is 109 Å². The lowest BCUT2D eigenvalue weighted by atomic mass is 10.0. The average Bonchev–Trinajstić information content (AvgIpc) is 2.96. The first kappa shape index (κ1) is 30.7. The van der Waals surface area contributed by atoms with E-state index >= 15 is 0 Å². The van der Waals surface area contributed by atoms with Gasteiger partial charge in [0.2, 0.25) is 0 Å². The number of hydrogen-bond donors (Lipinski definition) is 1. The van der Waals surface area contributed by atoms with Crippen molar-refractivity contribution in [2.75, 3.05) is 11.9 Å². The molecule has 3 aromatic rings. The number of nitrogens with zero attached hydrogens (tertiary/aromatic N) is 1. The predicted molar refractivity (Wildman–Crippen MR) is 166 cm³/mol. The highest BCUT2D eigenvalue weighted by Gasteiger charge is 2.09. The van der Waals surface area contributed by atoms with Crippen LogP contribution < -0.4 is 10.1 Å². The topological polar surface area (TPSA) is 51.2 Å². The van der Waals surface area contributed by atoms with E-state index in [1.54, 1.807) is 0 Å². The van der Waals surface area contributed by atoms with Gasteiger partial charge in [-0.3, -0.25) is 4.79 Å². The van der Waals surface area contributed by atoms with Gasteiger partial charge in [-0.25, -0.2) is 4.98 Å². The van der Waals surface area contributed by atoms with Crippen LogP contribution in [0.15, 0.2) is 54.6 Å². The van der Waals surface area contributed by atoms with Gasteiger partial charge < -0.3 is 10.1 Å². The van der Waals surface area contributed by atoms with Gasteiger partial charge in [0.05, 0.1) is 12.1 Å². The molecule has 1 amide bonds. The van der Waals surface area contributed by atoms with Gasteiger partial charge in [-0.2, -0.15) is 0 Å². The van der Waals surface area contributed by atoms with E-state index < -0.39 is 0 Å². The van der Waals surface area contributed by atoms with Gasteiger partial charge in [0.25, 0.3) is 5.91 Å². The molecular formula is C35H50N2O2. The Bertz CT molecular complexity index is 1090. The van der Waals surface area contributed by atoms with E-state index in [0.717, 1.165) is 41.8 Å². The van der Waals surface area contributed by atoms with Crippen LogP contribution in [0.4, 0.5) is 5.69 Å². The summed E-state index contributed by atoms with van der Waals surface area (Å²) in [5.41, 5.74) is 3.38. The quantitative estimate of drug-likeness (QED) is 0.148. The zero-order chi connectivity index (χ0) is 27.5. The summed E-state index contributed by atoms with van der Waals surface area (Å²) in [6, 6.07) is 17.8. The lowest BCUT2D eigenvalue weighted by Crippen LogP contribution is -2.13. The number of carbonyl (C=O) groups is 1. The highest BCUT2D eigenvalue weighted by atomic mass is 16.5. The number of rotatable bonds is 20. The Balaban J connectivity index is 1.39. The predicted octanol–water partition coefficient (Wildman–Crippen LogP) is 10.3. The molecule has 0 saturated carbocycles. The Hall–Kier alpha value is -2.88. The van der Waals surface area contributed by atoms with E-state index in [1.807, 2.05) is 42.5 Å². The Kier molecular flexibility index (Phi) is 14.5. The SMILES string of the molecule is CCCCCCCCCCc1ccc2nc(C(=O)Nc3ccc(OCCCCCCCCC)cc3)ccc2c1. The number of pyridine rings is 1. The van der Waals surface area contributed by atoms with Crippen molar-refractivity contribution in [1.29, 1.82) is 0 Å². The standard InChI is InChI=1S/C35H50N2O2/c1-3-5-7-9-11-12-14-16-18-29-19-25-33-30(28-29)20-26-34(37-33)35(38)36-31-21-23-32(24-22-31)39-27-17-15-13-10-8-6-4-2/h19-26,28H,3-18,27H2,1-2H3,(H,36,38). The van der Waals surface area contributed by atoms with Crippen LogP contribution in [0.1, 0.15) is 126 Å². The number of benzene rings is 2. The minimum atomic E-state index is -0.198. The Morgan fingerprint density at radius 3 is 1.97 bits per heavy atom. The van der Waals surface area contributed by atoms with E-state index in [0.29, 0.717) is 5.69 Å². The number of nitrogens with one attached hydrogen (secondary N) is 1. The molecule has 0 aliphatic rings. The van der Waals surface area contributed by atoms with Crippen molar-refractivity contribution in [2.24, 2.45) is 0 Å². The number of amides is 1. The molecule has 0 spiro atoms. The number of ether oxygens (including phenoxy) is 1. The van der Waals surface area contributed by atoms with Crippen LogP contribution >= 0.6 is 0 Å². The number of unbranched alkanes of at least 4 members (excludes halogenated alkanes) is 13. The Morgan fingerprint density at radius 2 is 1.31 bits per heavy atom. The van der Waals surface area contributed by atoms with Crippen molar-refractivity contribution >= 4 is 22.5 Å². The summed E-state index contributed by atoms with van der Waals surface area (Å²) in [5.74, 6) is 0.641. The number of aryl methyl sites for hydroxylation is 1. The molecule has 2 aromatic carbocycles. The van der Waals surface area contributed by atoms with E-state index in [-0.39, 0.29) is 5.91 Å². The summed E-state index contributed by atoms with van der Waals surface area (Å²) < 4.78 is 5.87. The van der Waals surface area contributed by atoms with Crippen molar-refractivity contribution in [2.45, 2.75) is 117 Å². The normalized spacial score (nSPS) is 11.1. The average molecular weight is 531 g/mol. The first-order valence-electron chi connectivity index (χ1n) is 15.6. The fourth-order valence-electron chi connectivity index (χ4n) is 5.00. The van der Waals surface area contributed by atoms with Gasteiger partial charge in [0, 0.05) is 11.1 Å². The minimum absolute atomic E-state index is 0.198. The second kappa shape index (κ2) is 18.4. The molecule has 1 heterocycles. The largest absolute Gasteiger partial charge is 0.494 e. The van der Waals surface area contributed by atoms with Crippen molar-refractivity contribution in [3.05, 3.63) is 65.9 Å². The van der Waals surface area contributed by atoms with E-state index in [1.165, 1.54) is 95.5 Å². The molecule has 3 rings (SSSR count). The molecule has 0 aliphatic carbocycles. The van der Waals surface area contributed by atoms with Crippen LogP contribution in [0.2, 0.25) is 0 Å². The number of anilines is 1. The summed E-state index contributed by atoms with van der Waals surface area (Å²) >= 11 is 0. The van der Waals surface area contributed by atoms with Crippen molar-refractivity contribution < 1.29 is 9.53 Å². The van der Waals surface area contributed by atoms with Gasteiger partial charge in [0.1, 0.15) is 11.4 Å². The van der Waals surface area contributed by atoms with Crippen LogP contribution in [0.5, 0.6) is 5.75 Å². The third-order valence-electron chi connectivity index (χ3n) is 7.43. The number of aromatic nitrogens is 1.